The molecule has 1 aliphatic rings. The van der Waals surface area contributed by atoms with Crippen LogP contribution < -0.4 is 10.1 Å². The first-order valence-electron chi connectivity index (χ1n) is 10.4. The van der Waals surface area contributed by atoms with Crippen LogP contribution in [-0.2, 0) is 24.1 Å². The zero-order chi connectivity index (χ0) is 24.5. The minimum absolute atomic E-state index is 0.0537. The predicted molar refractivity (Wildman–Crippen MR) is 117 cm³/mol. The lowest BCUT2D eigenvalue weighted by molar-refractivity contribution is -0.138. The molecule has 1 heterocycles. The van der Waals surface area contributed by atoms with Gasteiger partial charge in [0.1, 0.15) is 11.6 Å². The summed E-state index contributed by atoms with van der Waals surface area (Å²) in [5, 5.41) is 2.62. The number of fused-ring (bicyclic) bond motifs is 1. The molecule has 0 radical (unpaired) electrons. The van der Waals surface area contributed by atoms with Gasteiger partial charge in [-0.1, -0.05) is 24.3 Å². The zero-order valence-corrected chi connectivity index (χ0v) is 18.0. The van der Waals surface area contributed by atoms with Crippen molar-refractivity contribution >= 4 is 17.5 Å². The maximum Gasteiger partial charge on any atom is 0.416 e. The number of ether oxygens (including phenoxy) is 1. The summed E-state index contributed by atoms with van der Waals surface area (Å²) in [4.78, 5) is 26.7. The molecule has 1 N–H and O–H groups in total. The summed E-state index contributed by atoms with van der Waals surface area (Å²) in [6, 6.07) is 15.1. The van der Waals surface area contributed by atoms with Crippen LogP contribution in [0.5, 0.6) is 5.75 Å². The Kier molecular flexibility index (Phi) is 6.28. The second-order valence-electron chi connectivity index (χ2n) is 7.91. The number of hydrogen-bond donors (Lipinski definition) is 1. The summed E-state index contributed by atoms with van der Waals surface area (Å²) in [6.07, 6.45) is -5.35. The average Bonchev–Trinajstić information content (AvgIpc) is 2.90. The molecule has 3 aromatic carbocycles. The summed E-state index contributed by atoms with van der Waals surface area (Å²) in [6.45, 7) is 1.56. The van der Waals surface area contributed by atoms with Crippen molar-refractivity contribution in [1.29, 1.82) is 0 Å². The number of benzene rings is 3. The number of nitrogens with one attached hydrogen (secondary N) is 1. The Morgan fingerprint density at radius 3 is 2.59 bits per heavy atom. The number of hydrogen-bond acceptors (Lipinski definition) is 3. The van der Waals surface area contributed by atoms with Crippen molar-refractivity contribution in [2.45, 2.75) is 32.3 Å². The van der Waals surface area contributed by atoms with Crippen LogP contribution >= 0.6 is 0 Å². The number of carbonyl (C=O) groups is 2. The summed E-state index contributed by atoms with van der Waals surface area (Å²) in [7, 11) is 0. The molecule has 0 aromatic heterocycles. The van der Waals surface area contributed by atoms with E-state index in [1.54, 1.807) is 31.2 Å². The summed E-state index contributed by atoms with van der Waals surface area (Å²) in [5.41, 5.74) is 0.314. The van der Waals surface area contributed by atoms with E-state index in [0.29, 0.717) is 22.6 Å². The van der Waals surface area contributed by atoms with Crippen LogP contribution in [0.4, 0.5) is 23.2 Å². The van der Waals surface area contributed by atoms with Gasteiger partial charge >= 0.3 is 6.18 Å². The van der Waals surface area contributed by atoms with Crippen LogP contribution in [-0.4, -0.2) is 22.8 Å². The van der Waals surface area contributed by atoms with Crippen LogP contribution in [0.25, 0.3) is 0 Å². The molecule has 1 atom stereocenters. The molecule has 0 bridgehead atoms. The fourth-order valence-corrected chi connectivity index (χ4v) is 3.72. The molecule has 4 rings (SSSR count). The van der Waals surface area contributed by atoms with E-state index in [-0.39, 0.29) is 24.6 Å². The van der Waals surface area contributed by atoms with Crippen LogP contribution in [0.2, 0.25) is 0 Å². The molecule has 176 valence electrons. The lowest BCUT2D eigenvalue weighted by atomic mass is 10.1. The molecule has 3 aromatic rings. The van der Waals surface area contributed by atoms with Gasteiger partial charge in [-0.25, -0.2) is 4.39 Å². The lowest BCUT2D eigenvalue weighted by Crippen LogP contribution is -2.37. The topological polar surface area (TPSA) is 58.6 Å². The highest BCUT2D eigenvalue weighted by molar-refractivity contribution is 6.04. The summed E-state index contributed by atoms with van der Waals surface area (Å²) < 4.78 is 58.9. The quantitative estimate of drug-likeness (QED) is 0.517. The van der Waals surface area contributed by atoms with Crippen LogP contribution in [0.3, 0.4) is 0 Å². The Morgan fingerprint density at radius 1 is 1.09 bits per heavy atom. The van der Waals surface area contributed by atoms with E-state index in [4.69, 9.17) is 4.74 Å². The van der Waals surface area contributed by atoms with E-state index < -0.39 is 29.6 Å². The lowest BCUT2D eigenvalue weighted by Gasteiger charge is -2.22. The van der Waals surface area contributed by atoms with Gasteiger partial charge in [-0.15, -0.1) is 0 Å². The maximum atomic E-state index is 13.9. The van der Waals surface area contributed by atoms with Crippen LogP contribution in [0.1, 0.15) is 34.0 Å². The predicted octanol–water partition coefficient (Wildman–Crippen LogP) is 5.41. The van der Waals surface area contributed by atoms with Crippen molar-refractivity contribution < 1.29 is 31.9 Å². The molecular weight excluding hydrogens is 452 g/mol. The van der Waals surface area contributed by atoms with Crippen molar-refractivity contribution in [1.82, 2.24) is 4.90 Å². The van der Waals surface area contributed by atoms with Gasteiger partial charge in [0.25, 0.3) is 11.8 Å². The van der Waals surface area contributed by atoms with Gasteiger partial charge in [0.2, 0.25) is 0 Å². The first kappa shape index (κ1) is 23.3. The Labute approximate surface area is 193 Å². The third-order valence-corrected chi connectivity index (χ3v) is 5.39. The highest BCUT2D eigenvalue weighted by Gasteiger charge is 2.32. The number of carbonyl (C=O) groups excluding carboxylic acids is 2. The molecule has 5 nitrogen and oxygen atoms in total. The Balaban J connectivity index is 1.58. The summed E-state index contributed by atoms with van der Waals surface area (Å²) >= 11 is 0. The molecule has 2 amide bonds. The van der Waals surface area contributed by atoms with Gasteiger partial charge in [0, 0.05) is 24.3 Å². The highest BCUT2D eigenvalue weighted by atomic mass is 19.4. The third-order valence-electron chi connectivity index (χ3n) is 5.39. The molecule has 0 aliphatic carbocycles. The number of amides is 2. The van der Waals surface area contributed by atoms with E-state index in [9.17, 15) is 27.2 Å². The molecule has 0 fully saturated rings. The molecule has 0 unspecified atom stereocenters. The van der Waals surface area contributed by atoms with Gasteiger partial charge < -0.3 is 15.0 Å². The first-order chi connectivity index (χ1) is 16.1. The molecule has 1 aliphatic heterocycles. The zero-order valence-electron chi connectivity index (χ0n) is 18.0. The molecule has 9 heteroatoms. The molecule has 34 heavy (non-hydrogen) atoms. The number of anilines is 1. The number of halogens is 4. The smallest absolute Gasteiger partial charge is 0.416 e. The van der Waals surface area contributed by atoms with E-state index >= 15 is 0 Å². The maximum absolute atomic E-state index is 13.9. The van der Waals surface area contributed by atoms with Crippen molar-refractivity contribution in [2.24, 2.45) is 0 Å². The van der Waals surface area contributed by atoms with E-state index in [1.807, 2.05) is 0 Å². The fourth-order valence-electron chi connectivity index (χ4n) is 3.72. The number of alkyl halides is 3. The fraction of sp³-hybridized carbons (Fsp3) is 0.200. The number of rotatable bonds is 4. The normalized spacial score (nSPS) is 15.9. The van der Waals surface area contributed by atoms with Crippen molar-refractivity contribution in [3.63, 3.8) is 0 Å². The largest absolute Gasteiger partial charge is 0.481 e. The number of nitrogens with zero attached hydrogens (tertiary/aromatic N) is 1. The monoisotopic (exact) mass is 472 g/mol. The van der Waals surface area contributed by atoms with Gasteiger partial charge in [-0.3, -0.25) is 9.59 Å². The van der Waals surface area contributed by atoms with E-state index in [2.05, 4.69) is 5.32 Å². The van der Waals surface area contributed by atoms with Crippen LogP contribution in [0.15, 0.2) is 66.7 Å². The first-order valence-corrected chi connectivity index (χ1v) is 10.4. The average molecular weight is 472 g/mol. The van der Waals surface area contributed by atoms with E-state index in [1.165, 1.54) is 35.2 Å². The van der Waals surface area contributed by atoms with Crippen molar-refractivity contribution in [2.75, 3.05) is 5.32 Å². The molecular formula is C25H20F4N2O3. The Bertz CT molecular complexity index is 1240. The Hall–Kier alpha value is -3.88. The minimum atomic E-state index is -4.49. The second-order valence-corrected chi connectivity index (χ2v) is 7.91. The SMILES string of the molecule is C[C@@H]1Oc2ccc(NC(=O)c3ccccc3F)cc2CN(Cc2cccc(C(F)(F)F)c2)C1=O. The highest BCUT2D eigenvalue weighted by Crippen LogP contribution is 2.32. The van der Waals surface area contributed by atoms with Crippen LogP contribution in [0, 0.1) is 5.82 Å². The minimum Gasteiger partial charge on any atom is -0.481 e. The van der Waals surface area contributed by atoms with Crippen molar-refractivity contribution in [3.05, 3.63) is 94.8 Å². The van der Waals surface area contributed by atoms with Gasteiger partial charge in [-0.05, 0) is 55.0 Å². The van der Waals surface area contributed by atoms with Gasteiger partial charge in [0.15, 0.2) is 6.10 Å². The molecule has 0 saturated carbocycles. The summed E-state index contributed by atoms with van der Waals surface area (Å²) in [5.74, 6) is -1.27. The van der Waals surface area contributed by atoms with Gasteiger partial charge in [-0.2, -0.15) is 13.2 Å². The standard InChI is InChI=1S/C25H20F4N2O3/c1-15-24(33)31(13-16-5-4-6-18(11-16)25(27,28)29)14-17-12-19(9-10-22(17)34-15)30-23(32)20-7-2-3-8-21(20)26/h2-12,15H,13-14H2,1H3,(H,30,32)/t15-/m0/s1. The third kappa shape index (κ3) is 5.03. The molecule has 0 spiro atoms. The molecule has 0 saturated heterocycles. The van der Waals surface area contributed by atoms with Gasteiger partial charge in [0.05, 0.1) is 11.1 Å². The Morgan fingerprint density at radius 2 is 1.85 bits per heavy atom. The second kappa shape index (κ2) is 9.17. The van der Waals surface area contributed by atoms with E-state index in [0.717, 1.165) is 12.1 Å². The van der Waals surface area contributed by atoms with Crippen molar-refractivity contribution in [3.8, 4) is 5.75 Å².